The van der Waals surface area contributed by atoms with Gasteiger partial charge < -0.3 is 9.67 Å². The zero-order valence-electron chi connectivity index (χ0n) is 12.6. The highest BCUT2D eigenvalue weighted by atomic mass is 16.4. The Kier molecular flexibility index (Phi) is 3.84. The highest BCUT2D eigenvalue weighted by molar-refractivity contribution is 5.92. The van der Waals surface area contributed by atoms with Gasteiger partial charge in [0.05, 0.1) is 16.6 Å². The molecular formula is C16H22N2O2. The average molecular weight is 274 g/mol. The van der Waals surface area contributed by atoms with Crippen molar-refractivity contribution in [1.29, 1.82) is 0 Å². The Hall–Kier alpha value is -1.84. The minimum atomic E-state index is -0.895. The molecule has 2 aromatic rings. The first-order chi connectivity index (χ1) is 9.31. The number of aromatic nitrogens is 2. The molecule has 0 aliphatic rings. The maximum atomic E-state index is 11.1. The number of aryl methyl sites for hydroxylation is 2. The van der Waals surface area contributed by atoms with Gasteiger partial charge in [0.1, 0.15) is 5.82 Å². The third-order valence-corrected chi connectivity index (χ3v) is 3.48. The Morgan fingerprint density at radius 2 is 2.05 bits per heavy atom. The molecule has 20 heavy (non-hydrogen) atoms. The number of carboxylic acids is 1. The Bertz CT molecular complexity index is 636. The van der Waals surface area contributed by atoms with Gasteiger partial charge in [-0.1, -0.05) is 27.7 Å². The van der Waals surface area contributed by atoms with Crippen LogP contribution in [-0.2, 0) is 13.0 Å². The number of carbonyl (C=O) groups is 1. The van der Waals surface area contributed by atoms with Crippen LogP contribution in [0.3, 0.4) is 0 Å². The largest absolute Gasteiger partial charge is 0.478 e. The van der Waals surface area contributed by atoms with Crippen molar-refractivity contribution in [2.75, 3.05) is 0 Å². The summed E-state index contributed by atoms with van der Waals surface area (Å²) in [6, 6.07) is 5.14. The van der Waals surface area contributed by atoms with Crippen molar-refractivity contribution in [3.05, 3.63) is 29.6 Å². The maximum Gasteiger partial charge on any atom is 0.335 e. The van der Waals surface area contributed by atoms with Crippen molar-refractivity contribution in [2.45, 2.75) is 47.1 Å². The van der Waals surface area contributed by atoms with Crippen LogP contribution in [-0.4, -0.2) is 20.6 Å². The summed E-state index contributed by atoms with van der Waals surface area (Å²) in [5.74, 6) is 0.125. The summed E-state index contributed by atoms with van der Waals surface area (Å²) in [7, 11) is 0. The number of hydrogen-bond donors (Lipinski definition) is 1. The summed E-state index contributed by atoms with van der Waals surface area (Å²) >= 11 is 0. The minimum absolute atomic E-state index is 0.242. The SMILES string of the molecule is CCc1nc2ccc(C(=O)O)cc2n1CCC(C)(C)C. The van der Waals surface area contributed by atoms with Gasteiger partial charge >= 0.3 is 5.97 Å². The van der Waals surface area contributed by atoms with Crippen molar-refractivity contribution < 1.29 is 9.90 Å². The van der Waals surface area contributed by atoms with E-state index in [1.54, 1.807) is 18.2 Å². The van der Waals surface area contributed by atoms with Gasteiger partial charge in [0.25, 0.3) is 0 Å². The van der Waals surface area contributed by atoms with Crippen molar-refractivity contribution in [2.24, 2.45) is 5.41 Å². The van der Waals surface area contributed by atoms with E-state index in [9.17, 15) is 4.79 Å². The van der Waals surface area contributed by atoms with Crippen molar-refractivity contribution in [1.82, 2.24) is 9.55 Å². The lowest BCUT2D eigenvalue weighted by atomic mass is 9.92. The Morgan fingerprint density at radius 3 is 2.60 bits per heavy atom. The molecule has 4 nitrogen and oxygen atoms in total. The lowest BCUT2D eigenvalue weighted by molar-refractivity contribution is 0.0697. The lowest BCUT2D eigenvalue weighted by Crippen LogP contribution is -2.12. The van der Waals surface area contributed by atoms with Gasteiger partial charge in [-0.25, -0.2) is 9.78 Å². The first kappa shape index (κ1) is 14.6. The number of carboxylic acid groups (broad SMARTS) is 1. The molecule has 0 amide bonds. The van der Waals surface area contributed by atoms with Crippen LogP contribution in [0.25, 0.3) is 11.0 Å². The number of hydrogen-bond acceptors (Lipinski definition) is 2. The van der Waals surface area contributed by atoms with E-state index < -0.39 is 5.97 Å². The molecule has 0 fully saturated rings. The molecule has 0 saturated carbocycles. The molecule has 1 N–H and O–H groups in total. The zero-order valence-corrected chi connectivity index (χ0v) is 12.6. The Morgan fingerprint density at radius 1 is 1.35 bits per heavy atom. The van der Waals surface area contributed by atoms with E-state index in [2.05, 4.69) is 37.2 Å². The van der Waals surface area contributed by atoms with E-state index in [-0.39, 0.29) is 5.41 Å². The summed E-state index contributed by atoms with van der Waals surface area (Å²) in [5, 5.41) is 9.13. The summed E-state index contributed by atoms with van der Waals surface area (Å²) in [6.45, 7) is 9.57. The smallest absolute Gasteiger partial charge is 0.335 e. The van der Waals surface area contributed by atoms with Crippen LogP contribution >= 0.6 is 0 Å². The number of aromatic carboxylic acids is 1. The second-order valence-corrected chi connectivity index (χ2v) is 6.35. The molecule has 0 aliphatic carbocycles. The number of benzene rings is 1. The fourth-order valence-corrected chi connectivity index (χ4v) is 2.27. The van der Waals surface area contributed by atoms with Crippen LogP contribution < -0.4 is 0 Å². The minimum Gasteiger partial charge on any atom is -0.478 e. The van der Waals surface area contributed by atoms with Crippen molar-refractivity contribution >= 4 is 17.0 Å². The molecule has 0 unspecified atom stereocenters. The third-order valence-electron chi connectivity index (χ3n) is 3.48. The predicted octanol–water partition coefficient (Wildman–Crippen LogP) is 3.73. The molecule has 2 rings (SSSR count). The van der Waals surface area contributed by atoms with E-state index in [0.717, 1.165) is 36.2 Å². The molecular weight excluding hydrogens is 252 g/mol. The fourth-order valence-electron chi connectivity index (χ4n) is 2.27. The summed E-state index contributed by atoms with van der Waals surface area (Å²) in [6.07, 6.45) is 1.88. The van der Waals surface area contributed by atoms with E-state index >= 15 is 0 Å². The Balaban J connectivity index is 2.48. The monoisotopic (exact) mass is 274 g/mol. The van der Waals surface area contributed by atoms with Gasteiger partial charge in [-0.2, -0.15) is 0 Å². The van der Waals surface area contributed by atoms with Crippen LogP contribution in [0.4, 0.5) is 0 Å². The van der Waals surface area contributed by atoms with Crippen LogP contribution in [0.5, 0.6) is 0 Å². The molecule has 0 aliphatic heterocycles. The van der Waals surface area contributed by atoms with E-state index in [0.29, 0.717) is 5.56 Å². The standard InChI is InChI=1S/C16H22N2O2/c1-5-14-17-12-7-6-11(15(19)20)10-13(12)18(14)9-8-16(2,3)4/h6-7,10H,5,8-9H2,1-4H3,(H,19,20). The molecule has 0 saturated heterocycles. The molecule has 1 aromatic carbocycles. The maximum absolute atomic E-state index is 11.1. The van der Waals surface area contributed by atoms with E-state index in [1.807, 2.05) is 0 Å². The molecule has 1 aromatic heterocycles. The number of imidazole rings is 1. The van der Waals surface area contributed by atoms with E-state index in [1.165, 1.54) is 0 Å². The van der Waals surface area contributed by atoms with E-state index in [4.69, 9.17) is 5.11 Å². The highest BCUT2D eigenvalue weighted by Crippen LogP contribution is 2.24. The average Bonchev–Trinajstić information content (AvgIpc) is 2.72. The molecule has 0 radical (unpaired) electrons. The molecule has 108 valence electrons. The number of fused-ring (bicyclic) bond motifs is 1. The normalized spacial score (nSPS) is 12.0. The first-order valence-electron chi connectivity index (χ1n) is 7.04. The summed E-state index contributed by atoms with van der Waals surface area (Å²) in [5.41, 5.74) is 2.36. The van der Waals surface area contributed by atoms with Crippen LogP contribution in [0.15, 0.2) is 18.2 Å². The predicted molar refractivity (Wildman–Crippen MR) is 80.1 cm³/mol. The third kappa shape index (κ3) is 3.00. The Labute approximate surface area is 119 Å². The highest BCUT2D eigenvalue weighted by Gasteiger charge is 2.15. The van der Waals surface area contributed by atoms with Crippen LogP contribution in [0, 0.1) is 5.41 Å². The van der Waals surface area contributed by atoms with Gasteiger partial charge in [0.15, 0.2) is 0 Å². The number of rotatable bonds is 4. The molecule has 4 heteroatoms. The van der Waals surface area contributed by atoms with Crippen LogP contribution in [0.1, 0.15) is 50.3 Å². The van der Waals surface area contributed by atoms with Gasteiger partial charge in [-0.3, -0.25) is 0 Å². The van der Waals surface area contributed by atoms with Gasteiger partial charge in [0, 0.05) is 13.0 Å². The second kappa shape index (κ2) is 5.27. The van der Waals surface area contributed by atoms with Gasteiger partial charge in [0.2, 0.25) is 0 Å². The molecule has 0 atom stereocenters. The quantitative estimate of drug-likeness (QED) is 0.924. The molecule has 0 spiro atoms. The van der Waals surface area contributed by atoms with Gasteiger partial charge in [-0.15, -0.1) is 0 Å². The fraction of sp³-hybridized carbons (Fsp3) is 0.500. The first-order valence-corrected chi connectivity index (χ1v) is 7.04. The van der Waals surface area contributed by atoms with Crippen molar-refractivity contribution in [3.8, 4) is 0 Å². The number of nitrogens with zero attached hydrogens (tertiary/aromatic N) is 2. The lowest BCUT2D eigenvalue weighted by Gasteiger charge is -2.19. The zero-order chi connectivity index (χ0) is 14.9. The molecule has 0 bridgehead atoms. The van der Waals surface area contributed by atoms with Gasteiger partial charge in [-0.05, 0) is 30.0 Å². The molecule has 1 heterocycles. The second-order valence-electron chi connectivity index (χ2n) is 6.35. The van der Waals surface area contributed by atoms with Crippen LogP contribution in [0.2, 0.25) is 0 Å². The summed E-state index contributed by atoms with van der Waals surface area (Å²) in [4.78, 5) is 15.7. The van der Waals surface area contributed by atoms with Crippen molar-refractivity contribution in [3.63, 3.8) is 0 Å². The summed E-state index contributed by atoms with van der Waals surface area (Å²) < 4.78 is 2.16. The topological polar surface area (TPSA) is 55.1 Å².